The van der Waals surface area contributed by atoms with Crippen LogP contribution in [0, 0.1) is 11.3 Å². The van der Waals surface area contributed by atoms with E-state index in [4.69, 9.17) is 15.0 Å². The van der Waals surface area contributed by atoms with Crippen LogP contribution in [0.25, 0.3) is 11.0 Å². The molecule has 1 aliphatic heterocycles. The van der Waals surface area contributed by atoms with Gasteiger partial charge < -0.3 is 9.30 Å². The zero-order valence-corrected chi connectivity index (χ0v) is 11.4. The Morgan fingerprint density at radius 1 is 1.20 bits per heavy atom. The zero-order chi connectivity index (χ0) is 13.5. The molecule has 2 heterocycles. The number of nitriles is 1. The van der Waals surface area contributed by atoms with Gasteiger partial charge >= 0.3 is 0 Å². The van der Waals surface area contributed by atoms with Crippen molar-refractivity contribution in [2.75, 3.05) is 13.2 Å². The average Bonchev–Trinajstić information content (AvgIpc) is 3.27. The van der Waals surface area contributed by atoms with Gasteiger partial charge in [0.1, 0.15) is 5.82 Å². The third-order valence-electron chi connectivity index (χ3n) is 4.34. The number of hydrogen-bond acceptors (Lipinski definition) is 3. The van der Waals surface area contributed by atoms with Gasteiger partial charge in [-0.2, -0.15) is 5.26 Å². The molecule has 0 radical (unpaired) electrons. The van der Waals surface area contributed by atoms with Gasteiger partial charge in [0.25, 0.3) is 0 Å². The van der Waals surface area contributed by atoms with E-state index in [9.17, 15) is 0 Å². The van der Waals surface area contributed by atoms with E-state index in [2.05, 4.69) is 16.7 Å². The standard InChI is InChI=1S/C16H17N3O/c17-10-11-1-4-15-14(9-11)18-16(19(15)13-2-3-13)12-5-7-20-8-6-12/h1,4,9,12-13H,2-3,5-8H2. The molecule has 0 bridgehead atoms. The van der Waals surface area contributed by atoms with Gasteiger partial charge in [-0.1, -0.05) is 0 Å². The van der Waals surface area contributed by atoms with Crippen molar-refractivity contribution < 1.29 is 4.74 Å². The average molecular weight is 267 g/mol. The number of imidazole rings is 1. The Balaban J connectivity index is 1.85. The van der Waals surface area contributed by atoms with Crippen LogP contribution in [-0.4, -0.2) is 22.8 Å². The quantitative estimate of drug-likeness (QED) is 0.840. The van der Waals surface area contributed by atoms with E-state index in [-0.39, 0.29) is 0 Å². The molecule has 0 atom stereocenters. The minimum absolute atomic E-state index is 0.502. The van der Waals surface area contributed by atoms with Crippen LogP contribution in [0.4, 0.5) is 0 Å². The van der Waals surface area contributed by atoms with Gasteiger partial charge in [0.2, 0.25) is 0 Å². The lowest BCUT2D eigenvalue weighted by Gasteiger charge is -2.22. The fourth-order valence-electron chi connectivity index (χ4n) is 3.15. The van der Waals surface area contributed by atoms with Gasteiger partial charge in [-0.3, -0.25) is 0 Å². The molecule has 102 valence electrons. The largest absolute Gasteiger partial charge is 0.381 e. The normalized spacial score (nSPS) is 20.1. The van der Waals surface area contributed by atoms with Crippen LogP contribution in [0.15, 0.2) is 18.2 Å². The second-order valence-electron chi connectivity index (χ2n) is 5.77. The van der Waals surface area contributed by atoms with Gasteiger partial charge in [0.05, 0.1) is 22.7 Å². The summed E-state index contributed by atoms with van der Waals surface area (Å²) >= 11 is 0. The smallest absolute Gasteiger partial charge is 0.113 e. The van der Waals surface area contributed by atoms with E-state index in [1.54, 1.807) is 0 Å². The number of fused-ring (bicyclic) bond motifs is 1. The Labute approximate surface area is 118 Å². The second-order valence-corrected chi connectivity index (χ2v) is 5.77. The van der Waals surface area contributed by atoms with Crippen LogP contribution in [0.3, 0.4) is 0 Å². The lowest BCUT2D eigenvalue weighted by Crippen LogP contribution is -2.17. The molecular formula is C16H17N3O. The topological polar surface area (TPSA) is 50.8 Å². The predicted octanol–water partition coefficient (Wildman–Crippen LogP) is 3.14. The molecule has 4 heteroatoms. The van der Waals surface area contributed by atoms with Gasteiger partial charge in [0.15, 0.2) is 0 Å². The van der Waals surface area contributed by atoms with Crippen molar-refractivity contribution in [3.05, 3.63) is 29.6 Å². The molecule has 0 unspecified atom stereocenters. The van der Waals surface area contributed by atoms with E-state index >= 15 is 0 Å². The highest BCUT2D eigenvalue weighted by atomic mass is 16.5. The van der Waals surface area contributed by atoms with Crippen molar-refractivity contribution in [3.63, 3.8) is 0 Å². The van der Waals surface area contributed by atoms with E-state index < -0.39 is 0 Å². The van der Waals surface area contributed by atoms with Crippen LogP contribution in [0.5, 0.6) is 0 Å². The summed E-state index contributed by atoms with van der Waals surface area (Å²) in [6.45, 7) is 1.67. The number of rotatable bonds is 2. The zero-order valence-electron chi connectivity index (χ0n) is 11.4. The van der Waals surface area contributed by atoms with Crippen molar-refractivity contribution in [1.82, 2.24) is 9.55 Å². The van der Waals surface area contributed by atoms with Gasteiger partial charge in [-0.05, 0) is 43.9 Å². The number of nitrogens with zero attached hydrogens (tertiary/aromatic N) is 3. The summed E-state index contributed by atoms with van der Waals surface area (Å²) in [5, 5.41) is 9.04. The summed E-state index contributed by atoms with van der Waals surface area (Å²) in [6.07, 6.45) is 4.62. The summed E-state index contributed by atoms with van der Waals surface area (Å²) in [5.74, 6) is 1.71. The lowest BCUT2D eigenvalue weighted by molar-refractivity contribution is 0.0829. The molecule has 2 fully saturated rings. The molecule has 1 aliphatic carbocycles. The maximum absolute atomic E-state index is 9.04. The van der Waals surface area contributed by atoms with E-state index in [1.165, 1.54) is 24.2 Å². The maximum atomic E-state index is 9.04. The minimum atomic E-state index is 0.502. The SMILES string of the molecule is N#Cc1ccc2c(c1)nc(C1CCOCC1)n2C1CC1. The Morgan fingerprint density at radius 2 is 2.00 bits per heavy atom. The maximum Gasteiger partial charge on any atom is 0.113 e. The second kappa shape index (κ2) is 4.60. The molecule has 20 heavy (non-hydrogen) atoms. The molecule has 1 aromatic heterocycles. The van der Waals surface area contributed by atoms with Crippen LogP contribution < -0.4 is 0 Å². The van der Waals surface area contributed by atoms with Crippen molar-refractivity contribution >= 4 is 11.0 Å². The van der Waals surface area contributed by atoms with Crippen LogP contribution in [-0.2, 0) is 4.74 Å². The summed E-state index contributed by atoms with van der Waals surface area (Å²) in [6, 6.07) is 8.69. The highest BCUT2D eigenvalue weighted by Crippen LogP contribution is 2.41. The molecule has 2 aromatic rings. The Bertz CT molecular complexity index is 688. The first-order valence-corrected chi connectivity index (χ1v) is 7.36. The number of hydrogen-bond donors (Lipinski definition) is 0. The van der Waals surface area contributed by atoms with Crippen molar-refractivity contribution in [2.24, 2.45) is 0 Å². The monoisotopic (exact) mass is 267 g/mol. The van der Waals surface area contributed by atoms with Crippen LogP contribution in [0.2, 0.25) is 0 Å². The fourth-order valence-corrected chi connectivity index (χ4v) is 3.15. The third-order valence-corrected chi connectivity index (χ3v) is 4.34. The van der Waals surface area contributed by atoms with Crippen molar-refractivity contribution in [1.29, 1.82) is 5.26 Å². The van der Waals surface area contributed by atoms with Gasteiger partial charge in [0, 0.05) is 25.2 Å². The molecule has 1 saturated carbocycles. The fraction of sp³-hybridized carbons (Fsp3) is 0.500. The number of benzene rings is 1. The first kappa shape index (κ1) is 11.9. The van der Waals surface area contributed by atoms with Crippen molar-refractivity contribution in [3.8, 4) is 6.07 Å². The summed E-state index contributed by atoms with van der Waals surface area (Å²) < 4.78 is 7.89. The lowest BCUT2D eigenvalue weighted by atomic mass is 9.99. The Morgan fingerprint density at radius 3 is 2.70 bits per heavy atom. The predicted molar refractivity (Wildman–Crippen MR) is 75.5 cm³/mol. The molecule has 0 N–H and O–H groups in total. The molecular weight excluding hydrogens is 250 g/mol. The van der Waals surface area contributed by atoms with E-state index in [0.717, 1.165) is 31.6 Å². The number of ether oxygens (including phenoxy) is 1. The summed E-state index contributed by atoms with van der Waals surface area (Å²) in [5.41, 5.74) is 2.85. The third kappa shape index (κ3) is 1.90. The molecule has 2 aliphatic rings. The van der Waals surface area contributed by atoms with Gasteiger partial charge in [-0.25, -0.2) is 4.98 Å². The summed E-state index contributed by atoms with van der Waals surface area (Å²) in [7, 11) is 0. The molecule has 1 saturated heterocycles. The van der Waals surface area contributed by atoms with E-state index in [0.29, 0.717) is 17.5 Å². The molecule has 0 amide bonds. The first-order chi connectivity index (χ1) is 9.86. The Kier molecular flexibility index (Phi) is 2.75. The van der Waals surface area contributed by atoms with Crippen molar-refractivity contribution in [2.45, 2.75) is 37.6 Å². The highest BCUT2D eigenvalue weighted by Gasteiger charge is 2.31. The molecule has 1 aromatic carbocycles. The van der Waals surface area contributed by atoms with Crippen LogP contribution in [0.1, 0.15) is 49.0 Å². The molecule has 0 spiro atoms. The number of aromatic nitrogens is 2. The first-order valence-electron chi connectivity index (χ1n) is 7.36. The minimum Gasteiger partial charge on any atom is -0.381 e. The molecule has 4 rings (SSSR count). The summed E-state index contributed by atoms with van der Waals surface area (Å²) in [4.78, 5) is 4.86. The highest BCUT2D eigenvalue weighted by molar-refractivity contribution is 5.78. The Hall–Kier alpha value is -1.86. The van der Waals surface area contributed by atoms with Gasteiger partial charge in [-0.15, -0.1) is 0 Å². The van der Waals surface area contributed by atoms with Crippen LogP contribution >= 0.6 is 0 Å². The van der Waals surface area contributed by atoms with E-state index in [1.807, 2.05) is 12.1 Å². The molecule has 4 nitrogen and oxygen atoms in total.